The van der Waals surface area contributed by atoms with Gasteiger partial charge < -0.3 is 9.53 Å². The first-order valence-corrected chi connectivity index (χ1v) is 7.03. The molecule has 0 aromatic heterocycles. The molecule has 1 aliphatic carbocycles. The van der Waals surface area contributed by atoms with Gasteiger partial charge in [-0.1, -0.05) is 32.1 Å². The van der Waals surface area contributed by atoms with Gasteiger partial charge in [-0.25, -0.2) is 4.79 Å². The number of hydrogen-bond acceptors (Lipinski definition) is 3. The molecular formula is C13H17BrO3. The molecule has 2 atom stereocenters. The number of rotatable bonds is 4. The highest BCUT2D eigenvalue weighted by Gasteiger charge is 2.35. The molecular weight excluding hydrogens is 284 g/mol. The molecule has 0 bridgehead atoms. The number of aldehydes is 1. The summed E-state index contributed by atoms with van der Waals surface area (Å²) in [6.45, 7) is 0. The van der Waals surface area contributed by atoms with E-state index in [0.29, 0.717) is 16.8 Å². The van der Waals surface area contributed by atoms with Gasteiger partial charge in [-0.3, -0.25) is 0 Å². The van der Waals surface area contributed by atoms with Gasteiger partial charge in [-0.15, -0.1) is 0 Å². The van der Waals surface area contributed by atoms with Crippen LogP contribution in [0.4, 0.5) is 0 Å². The number of carbonyl (C=O) groups is 2. The minimum absolute atomic E-state index is 0.159. The van der Waals surface area contributed by atoms with Gasteiger partial charge in [0.1, 0.15) is 16.9 Å². The first-order chi connectivity index (χ1) is 8.22. The third kappa shape index (κ3) is 2.97. The maximum absolute atomic E-state index is 11.4. The van der Waals surface area contributed by atoms with Crippen LogP contribution in [0.5, 0.6) is 0 Å². The molecule has 0 amide bonds. The smallest absolute Gasteiger partial charge is 0.345 e. The van der Waals surface area contributed by atoms with Crippen molar-refractivity contribution in [1.29, 1.82) is 0 Å². The Morgan fingerprint density at radius 3 is 2.65 bits per heavy atom. The summed E-state index contributed by atoms with van der Waals surface area (Å²) in [4.78, 5) is 22.2. The molecule has 0 saturated heterocycles. The lowest BCUT2D eigenvalue weighted by Gasteiger charge is -2.31. The van der Waals surface area contributed by atoms with Crippen LogP contribution in [0.1, 0.15) is 38.5 Å². The van der Waals surface area contributed by atoms with E-state index in [1.165, 1.54) is 19.3 Å². The van der Waals surface area contributed by atoms with E-state index < -0.39 is 0 Å². The van der Waals surface area contributed by atoms with Gasteiger partial charge in [-0.05, 0) is 27.9 Å². The SMILES string of the molecule is O=CC[C@H](C1CCCCC1)[C@@H]1C=C(Br)C(=O)O1. The minimum atomic E-state index is -0.304. The van der Waals surface area contributed by atoms with Crippen LogP contribution in [0.25, 0.3) is 0 Å². The van der Waals surface area contributed by atoms with E-state index in [9.17, 15) is 9.59 Å². The van der Waals surface area contributed by atoms with Crippen LogP contribution < -0.4 is 0 Å². The second-order valence-corrected chi connectivity index (χ2v) is 5.70. The highest BCUT2D eigenvalue weighted by Crippen LogP contribution is 2.37. The molecule has 1 fully saturated rings. The number of hydrogen-bond donors (Lipinski definition) is 0. The predicted molar refractivity (Wildman–Crippen MR) is 67.6 cm³/mol. The van der Waals surface area contributed by atoms with Gasteiger partial charge in [0.25, 0.3) is 0 Å². The standard InChI is InChI=1S/C13H17BrO3/c14-11-8-12(17-13(11)16)10(6-7-15)9-4-2-1-3-5-9/h7-10,12H,1-6H2/t10-,12+/m1/s1. The van der Waals surface area contributed by atoms with Crippen molar-refractivity contribution in [2.45, 2.75) is 44.6 Å². The van der Waals surface area contributed by atoms with Gasteiger partial charge >= 0.3 is 5.97 Å². The molecule has 17 heavy (non-hydrogen) atoms. The van der Waals surface area contributed by atoms with E-state index in [4.69, 9.17) is 4.74 Å². The Labute approximate surface area is 110 Å². The monoisotopic (exact) mass is 300 g/mol. The molecule has 3 nitrogen and oxygen atoms in total. The Kier molecular flexibility index (Phi) is 4.37. The van der Waals surface area contributed by atoms with Gasteiger partial charge in [-0.2, -0.15) is 0 Å². The Bertz CT molecular complexity index is 332. The fraction of sp³-hybridized carbons (Fsp3) is 0.692. The summed E-state index contributed by atoms with van der Waals surface area (Å²) in [6, 6.07) is 0. The number of halogens is 1. The predicted octanol–water partition coefficient (Wildman–Crippen LogP) is 2.98. The molecule has 0 N–H and O–H groups in total. The number of ether oxygens (including phenoxy) is 1. The molecule has 2 rings (SSSR count). The Morgan fingerprint density at radius 1 is 1.41 bits per heavy atom. The first kappa shape index (κ1) is 12.8. The van der Waals surface area contributed by atoms with Crippen molar-refractivity contribution in [3.63, 3.8) is 0 Å². The molecule has 0 aromatic carbocycles. The lowest BCUT2D eigenvalue weighted by molar-refractivity contribution is -0.142. The summed E-state index contributed by atoms with van der Waals surface area (Å²) in [7, 11) is 0. The van der Waals surface area contributed by atoms with Gasteiger partial charge in [0.05, 0.1) is 0 Å². The van der Waals surface area contributed by atoms with E-state index >= 15 is 0 Å². The average Bonchev–Trinajstić information content (AvgIpc) is 2.67. The van der Waals surface area contributed by atoms with Crippen LogP contribution in [0.15, 0.2) is 10.6 Å². The van der Waals surface area contributed by atoms with E-state index in [1.54, 1.807) is 0 Å². The molecule has 0 aromatic rings. The van der Waals surface area contributed by atoms with Crippen molar-refractivity contribution in [2.24, 2.45) is 11.8 Å². The Balaban J connectivity index is 2.06. The number of cyclic esters (lactones) is 1. The summed E-state index contributed by atoms with van der Waals surface area (Å²) in [5.41, 5.74) is 0. The van der Waals surface area contributed by atoms with E-state index in [2.05, 4.69) is 15.9 Å². The zero-order chi connectivity index (χ0) is 12.3. The lowest BCUT2D eigenvalue weighted by atomic mass is 9.76. The maximum atomic E-state index is 11.4. The van der Waals surface area contributed by atoms with E-state index in [0.717, 1.165) is 19.1 Å². The first-order valence-electron chi connectivity index (χ1n) is 6.24. The molecule has 2 aliphatic rings. The van der Waals surface area contributed by atoms with E-state index in [-0.39, 0.29) is 18.0 Å². The highest BCUT2D eigenvalue weighted by atomic mass is 79.9. The fourth-order valence-corrected chi connectivity index (χ4v) is 3.26. The van der Waals surface area contributed by atoms with Crippen molar-refractivity contribution in [2.75, 3.05) is 0 Å². The molecule has 0 spiro atoms. The molecule has 0 radical (unpaired) electrons. The molecule has 1 heterocycles. The van der Waals surface area contributed by atoms with Crippen molar-refractivity contribution in [3.8, 4) is 0 Å². The zero-order valence-electron chi connectivity index (χ0n) is 9.73. The van der Waals surface area contributed by atoms with Crippen LogP contribution >= 0.6 is 15.9 Å². The fourth-order valence-electron chi connectivity index (χ4n) is 2.91. The zero-order valence-corrected chi connectivity index (χ0v) is 11.3. The van der Waals surface area contributed by atoms with Crippen molar-refractivity contribution < 1.29 is 14.3 Å². The summed E-state index contributed by atoms with van der Waals surface area (Å²) >= 11 is 3.19. The third-order valence-corrected chi connectivity index (χ3v) is 4.38. The van der Waals surface area contributed by atoms with Crippen LogP contribution in [0.2, 0.25) is 0 Å². The normalized spacial score (nSPS) is 27.5. The second kappa shape index (κ2) is 5.80. The summed E-state index contributed by atoms with van der Waals surface area (Å²) < 4.78 is 5.80. The van der Waals surface area contributed by atoms with Crippen molar-refractivity contribution >= 4 is 28.2 Å². The average molecular weight is 301 g/mol. The van der Waals surface area contributed by atoms with Gasteiger partial charge in [0.15, 0.2) is 0 Å². The Hall–Kier alpha value is -0.640. The Morgan fingerprint density at radius 2 is 2.12 bits per heavy atom. The van der Waals surface area contributed by atoms with Crippen LogP contribution in [-0.4, -0.2) is 18.4 Å². The van der Waals surface area contributed by atoms with Crippen LogP contribution in [-0.2, 0) is 14.3 Å². The molecule has 1 aliphatic heterocycles. The second-order valence-electron chi connectivity index (χ2n) is 4.85. The lowest BCUT2D eigenvalue weighted by Crippen LogP contribution is -2.29. The number of esters is 1. The van der Waals surface area contributed by atoms with Gasteiger partial charge in [0.2, 0.25) is 0 Å². The van der Waals surface area contributed by atoms with Crippen LogP contribution in [0, 0.1) is 11.8 Å². The van der Waals surface area contributed by atoms with Gasteiger partial charge in [0, 0.05) is 12.3 Å². The molecule has 94 valence electrons. The number of carbonyl (C=O) groups excluding carboxylic acids is 2. The third-order valence-electron chi connectivity index (χ3n) is 3.79. The van der Waals surface area contributed by atoms with E-state index in [1.807, 2.05) is 6.08 Å². The molecule has 4 heteroatoms. The summed E-state index contributed by atoms with van der Waals surface area (Å²) in [6.07, 6.45) is 9.07. The molecule has 1 saturated carbocycles. The topological polar surface area (TPSA) is 43.4 Å². The highest BCUT2D eigenvalue weighted by molar-refractivity contribution is 9.12. The molecule has 0 unspecified atom stereocenters. The maximum Gasteiger partial charge on any atom is 0.345 e. The van der Waals surface area contributed by atoms with Crippen LogP contribution in [0.3, 0.4) is 0 Å². The van der Waals surface area contributed by atoms with Crippen molar-refractivity contribution in [3.05, 3.63) is 10.6 Å². The summed E-state index contributed by atoms with van der Waals surface area (Å²) in [5.74, 6) is 0.370. The minimum Gasteiger partial charge on any atom is -0.454 e. The summed E-state index contributed by atoms with van der Waals surface area (Å²) in [5, 5.41) is 0. The largest absolute Gasteiger partial charge is 0.454 e. The quantitative estimate of drug-likeness (QED) is 0.592. The van der Waals surface area contributed by atoms with Crippen molar-refractivity contribution in [1.82, 2.24) is 0 Å².